The molecule has 102 valence electrons. The molecule has 0 aromatic carbocycles. The molecule has 9 nitrogen and oxygen atoms in total. The number of aliphatic hydroxyl groups excluding tert-OH is 2. The van der Waals surface area contributed by atoms with E-state index in [1.807, 2.05) is 0 Å². The number of amides is 1. The molecule has 2 aliphatic rings. The highest BCUT2D eigenvalue weighted by Gasteiger charge is 2.46. The molecule has 1 unspecified atom stereocenters. The number of aliphatic hydroxyl groups is 2. The second-order valence-electron chi connectivity index (χ2n) is 4.09. The van der Waals surface area contributed by atoms with Gasteiger partial charge in [-0.15, -0.1) is 0 Å². The summed E-state index contributed by atoms with van der Waals surface area (Å²) < 4.78 is 5.43. The van der Waals surface area contributed by atoms with Gasteiger partial charge in [0.1, 0.15) is 24.2 Å². The monoisotopic (exact) mass is 267 g/mol. The first kappa shape index (κ1) is 13.4. The Morgan fingerprint density at radius 3 is 3.00 bits per heavy atom. The maximum absolute atomic E-state index is 11.1. The SMILES string of the molecule is C=C1NC(=O)C=CN1[C@@H]1O[C@H](CO)[C@H](O)C1N=[N+]=[N-]. The highest BCUT2D eigenvalue weighted by atomic mass is 16.5. The molecule has 2 rings (SSSR count). The highest BCUT2D eigenvalue weighted by molar-refractivity contribution is 5.89. The van der Waals surface area contributed by atoms with Crippen molar-refractivity contribution < 1.29 is 19.7 Å². The van der Waals surface area contributed by atoms with Crippen molar-refractivity contribution in [2.45, 2.75) is 24.5 Å². The minimum atomic E-state index is -1.13. The van der Waals surface area contributed by atoms with Crippen LogP contribution in [0.5, 0.6) is 0 Å². The van der Waals surface area contributed by atoms with E-state index in [1.165, 1.54) is 17.2 Å². The van der Waals surface area contributed by atoms with Gasteiger partial charge >= 0.3 is 0 Å². The van der Waals surface area contributed by atoms with Crippen LogP contribution in [-0.4, -0.2) is 52.1 Å². The molecule has 0 aromatic rings. The van der Waals surface area contributed by atoms with Gasteiger partial charge in [-0.3, -0.25) is 4.79 Å². The van der Waals surface area contributed by atoms with Gasteiger partial charge in [-0.05, 0) is 5.53 Å². The number of carbonyl (C=O) groups is 1. The largest absolute Gasteiger partial charge is 0.394 e. The van der Waals surface area contributed by atoms with Crippen molar-refractivity contribution in [2.75, 3.05) is 6.61 Å². The lowest BCUT2D eigenvalue weighted by molar-refractivity contribution is -0.117. The summed E-state index contributed by atoms with van der Waals surface area (Å²) in [6.45, 7) is 3.23. The molecule has 19 heavy (non-hydrogen) atoms. The van der Waals surface area contributed by atoms with Crippen LogP contribution < -0.4 is 5.32 Å². The van der Waals surface area contributed by atoms with E-state index in [0.29, 0.717) is 0 Å². The number of hydrogen-bond acceptors (Lipinski definition) is 6. The normalized spacial score (nSPS) is 34.1. The smallest absolute Gasteiger partial charge is 0.250 e. The van der Waals surface area contributed by atoms with Gasteiger partial charge in [0, 0.05) is 17.2 Å². The Hall–Kier alpha value is -2.06. The van der Waals surface area contributed by atoms with E-state index < -0.39 is 31.1 Å². The standard InChI is InChI=1S/C10H13N5O4/c1-5-12-7(17)2-3-15(5)10-8(13-14-11)9(18)6(4-16)19-10/h2-3,6,8-10,16,18H,1,4H2,(H,12,17)/t6-,8?,9+,10-/m1/s1. The highest BCUT2D eigenvalue weighted by Crippen LogP contribution is 2.29. The predicted octanol–water partition coefficient (Wildman–Crippen LogP) is -0.840. The lowest BCUT2D eigenvalue weighted by Gasteiger charge is -2.32. The Bertz CT molecular complexity index is 473. The van der Waals surface area contributed by atoms with Crippen molar-refractivity contribution in [3.8, 4) is 0 Å². The molecular weight excluding hydrogens is 254 g/mol. The zero-order valence-corrected chi connectivity index (χ0v) is 9.88. The molecule has 0 saturated carbocycles. The Balaban J connectivity index is 2.27. The van der Waals surface area contributed by atoms with E-state index in [2.05, 4.69) is 21.9 Å². The first-order chi connectivity index (χ1) is 9.08. The number of nitrogens with zero attached hydrogens (tertiary/aromatic N) is 4. The zero-order valence-electron chi connectivity index (χ0n) is 9.88. The number of carbonyl (C=O) groups excluding carboxylic acids is 1. The van der Waals surface area contributed by atoms with Crippen molar-refractivity contribution >= 4 is 5.91 Å². The first-order valence-electron chi connectivity index (χ1n) is 5.53. The second-order valence-corrected chi connectivity index (χ2v) is 4.09. The van der Waals surface area contributed by atoms with Crippen LogP contribution in [0.25, 0.3) is 10.4 Å². The number of nitrogens with one attached hydrogen (secondary N) is 1. The molecule has 9 heteroatoms. The third kappa shape index (κ3) is 2.40. The molecule has 0 aromatic heterocycles. The van der Waals surface area contributed by atoms with Crippen molar-refractivity contribution in [1.29, 1.82) is 0 Å². The molecule has 4 atom stereocenters. The van der Waals surface area contributed by atoms with Crippen LogP contribution in [0.1, 0.15) is 0 Å². The maximum atomic E-state index is 11.1. The van der Waals surface area contributed by atoms with Gasteiger partial charge in [0.2, 0.25) is 0 Å². The van der Waals surface area contributed by atoms with Crippen LogP contribution in [0.4, 0.5) is 0 Å². The van der Waals surface area contributed by atoms with Crippen LogP contribution in [0.15, 0.2) is 29.8 Å². The minimum absolute atomic E-state index is 0.237. The van der Waals surface area contributed by atoms with Crippen molar-refractivity contribution in [1.82, 2.24) is 10.2 Å². The van der Waals surface area contributed by atoms with Gasteiger partial charge in [0.15, 0.2) is 0 Å². The summed E-state index contributed by atoms with van der Waals surface area (Å²) in [5, 5.41) is 24.9. The third-order valence-electron chi connectivity index (χ3n) is 2.94. The molecule has 3 N–H and O–H groups in total. The zero-order chi connectivity index (χ0) is 14.0. The summed E-state index contributed by atoms with van der Waals surface area (Å²) in [5.74, 6) is -0.0970. The average Bonchev–Trinajstić information content (AvgIpc) is 2.68. The van der Waals surface area contributed by atoms with Crippen LogP contribution in [-0.2, 0) is 9.53 Å². The number of rotatable bonds is 3. The fourth-order valence-electron chi connectivity index (χ4n) is 2.02. The van der Waals surface area contributed by atoms with Crippen LogP contribution in [0, 0.1) is 0 Å². The molecule has 0 aliphatic carbocycles. The number of hydrogen-bond donors (Lipinski definition) is 3. The van der Waals surface area contributed by atoms with Gasteiger partial charge in [0.25, 0.3) is 5.91 Å². The summed E-state index contributed by atoms with van der Waals surface area (Å²) >= 11 is 0. The fourth-order valence-corrected chi connectivity index (χ4v) is 2.02. The van der Waals surface area contributed by atoms with Crippen LogP contribution in [0.3, 0.4) is 0 Å². The van der Waals surface area contributed by atoms with E-state index in [0.717, 1.165) is 0 Å². The molecular formula is C10H13N5O4. The predicted molar refractivity (Wildman–Crippen MR) is 62.9 cm³/mol. The molecule has 0 radical (unpaired) electrons. The topological polar surface area (TPSA) is 131 Å². The summed E-state index contributed by atoms with van der Waals surface area (Å²) in [6, 6.07) is -0.918. The number of azide groups is 1. The summed E-state index contributed by atoms with van der Waals surface area (Å²) in [6.07, 6.45) is -0.168. The molecule has 0 bridgehead atoms. The summed E-state index contributed by atoms with van der Waals surface area (Å²) in [5.41, 5.74) is 8.53. The van der Waals surface area contributed by atoms with Gasteiger partial charge in [0.05, 0.1) is 12.7 Å². The van der Waals surface area contributed by atoms with E-state index in [9.17, 15) is 9.90 Å². The maximum Gasteiger partial charge on any atom is 0.250 e. The van der Waals surface area contributed by atoms with E-state index in [1.54, 1.807) is 0 Å². The van der Waals surface area contributed by atoms with E-state index in [-0.39, 0.29) is 11.7 Å². The van der Waals surface area contributed by atoms with Gasteiger partial charge in [-0.25, -0.2) is 0 Å². The second kappa shape index (κ2) is 5.29. The van der Waals surface area contributed by atoms with Gasteiger partial charge in [-0.1, -0.05) is 11.7 Å². The van der Waals surface area contributed by atoms with E-state index in [4.69, 9.17) is 15.4 Å². The Labute approximate surface area is 108 Å². The lowest BCUT2D eigenvalue weighted by atomic mass is 10.1. The Morgan fingerprint density at radius 2 is 2.42 bits per heavy atom. The molecule has 2 aliphatic heterocycles. The first-order valence-corrected chi connectivity index (χ1v) is 5.53. The Morgan fingerprint density at radius 1 is 1.68 bits per heavy atom. The molecule has 1 amide bonds. The number of ether oxygens (including phenoxy) is 1. The van der Waals surface area contributed by atoms with Crippen molar-refractivity contribution in [3.63, 3.8) is 0 Å². The molecule has 2 heterocycles. The van der Waals surface area contributed by atoms with Crippen LogP contribution >= 0.6 is 0 Å². The van der Waals surface area contributed by atoms with Gasteiger partial charge in [-0.2, -0.15) is 0 Å². The fraction of sp³-hybridized carbons (Fsp3) is 0.500. The molecule has 0 spiro atoms. The molecule has 1 saturated heterocycles. The minimum Gasteiger partial charge on any atom is -0.394 e. The van der Waals surface area contributed by atoms with Crippen molar-refractivity contribution in [2.24, 2.45) is 5.11 Å². The van der Waals surface area contributed by atoms with Crippen LogP contribution in [0.2, 0.25) is 0 Å². The average molecular weight is 267 g/mol. The van der Waals surface area contributed by atoms with Crippen molar-refractivity contribution in [3.05, 3.63) is 35.1 Å². The lowest BCUT2D eigenvalue weighted by Crippen LogP contribution is -2.45. The summed E-state index contributed by atoms with van der Waals surface area (Å²) in [4.78, 5) is 15.2. The molecule has 1 fully saturated rings. The summed E-state index contributed by atoms with van der Waals surface area (Å²) in [7, 11) is 0. The van der Waals surface area contributed by atoms with E-state index >= 15 is 0 Å². The van der Waals surface area contributed by atoms with Gasteiger partial charge < -0.3 is 25.2 Å². The Kier molecular flexibility index (Phi) is 3.72. The quantitative estimate of drug-likeness (QED) is 0.348. The third-order valence-corrected chi connectivity index (χ3v) is 2.94.